The summed E-state index contributed by atoms with van der Waals surface area (Å²) in [5.41, 5.74) is -2.12. The molecule has 4 aliphatic rings. The van der Waals surface area contributed by atoms with Crippen LogP contribution in [0.1, 0.15) is 79.1 Å². The Kier molecular flexibility index (Phi) is 8.67. The summed E-state index contributed by atoms with van der Waals surface area (Å²) in [5, 5.41) is 35.0. The van der Waals surface area contributed by atoms with Gasteiger partial charge in [0.15, 0.2) is 12.4 Å². The number of aliphatic carboxylic acids is 1. The van der Waals surface area contributed by atoms with Gasteiger partial charge in [0.05, 0.1) is 12.5 Å². The molecule has 0 saturated heterocycles. The third-order valence-corrected chi connectivity index (χ3v) is 10.8. The lowest BCUT2D eigenvalue weighted by atomic mass is 9.46. The average molecular weight is 574 g/mol. The molecule has 0 unspecified atom stereocenters. The molecule has 10 nitrogen and oxygen atoms in total. The highest BCUT2D eigenvalue weighted by Crippen LogP contribution is 2.67. The monoisotopic (exact) mass is 573 g/mol. The van der Waals surface area contributed by atoms with E-state index in [1.165, 1.54) is 0 Å². The molecule has 3 saturated carbocycles. The second-order valence-electron chi connectivity index (χ2n) is 13.0. The highest BCUT2D eigenvalue weighted by Gasteiger charge is 2.68. The number of hydrogen-bond donors (Lipinski definition) is 4. The maximum atomic E-state index is 13.4. The molecule has 0 aromatic rings. The third-order valence-electron chi connectivity index (χ3n) is 10.8. The molecule has 41 heavy (non-hydrogen) atoms. The first-order chi connectivity index (χ1) is 19.2. The number of aliphatic hydroxyl groups is 2. The van der Waals surface area contributed by atoms with Crippen molar-refractivity contribution in [2.45, 2.75) is 96.8 Å². The molecule has 4 aliphatic carbocycles. The minimum Gasteiger partial charge on any atom is -0.480 e. The number of carbonyl (C=O) groups is 5. The van der Waals surface area contributed by atoms with Crippen molar-refractivity contribution in [3.63, 3.8) is 0 Å². The van der Waals surface area contributed by atoms with Gasteiger partial charge in [0.2, 0.25) is 11.7 Å². The summed E-state index contributed by atoms with van der Waals surface area (Å²) in [6, 6.07) is -1.06. The maximum absolute atomic E-state index is 13.4. The number of carboxylic acids is 1. The number of fused-ring (bicyclic) bond motifs is 5. The number of Topliss-reactive ketones (excluding diaryl/α,β-unsaturated/α-hetero) is 1. The molecule has 0 aliphatic heterocycles. The van der Waals surface area contributed by atoms with Gasteiger partial charge < -0.3 is 25.4 Å². The zero-order valence-electron chi connectivity index (χ0n) is 24.4. The first-order valence-corrected chi connectivity index (χ1v) is 14.7. The summed E-state index contributed by atoms with van der Waals surface area (Å²) < 4.78 is 5.15. The quantitative estimate of drug-likeness (QED) is 0.287. The summed E-state index contributed by atoms with van der Waals surface area (Å²) in [6.07, 6.45) is 6.76. The van der Waals surface area contributed by atoms with Gasteiger partial charge in [0, 0.05) is 23.2 Å². The van der Waals surface area contributed by atoms with E-state index >= 15 is 0 Å². The fourth-order valence-electron chi connectivity index (χ4n) is 8.27. The van der Waals surface area contributed by atoms with Gasteiger partial charge >= 0.3 is 11.9 Å². The molecule has 9 atom stereocenters. The van der Waals surface area contributed by atoms with Crippen LogP contribution in [0.4, 0.5) is 0 Å². The second kappa shape index (κ2) is 11.4. The summed E-state index contributed by atoms with van der Waals surface area (Å²) in [5.74, 6) is -3.61. The van der Waals surface area contributed by atoms with Crippen molar-refractivity contribution < 1.29 is 44.0 Å². The van der Waals surface area contributed by atoms with Gasteiger partial charge in [0.1, 0.15) is 11.6 Å². The van der Waals surface area contributed by atoms with Crippen molar-refractivity contribution in [3.8, 4) is 0 Å². The molecule has 0 aromatic heterocycles. The zero-order chi connectivity index (χ0) is 30.3. The van der Waals surface area contributed by atoms with E-state index in [9.17, 15) is 39.3 Å². The number of hydrogen-bond acceptors (Lipinski definition) is 8. The van der Waals surface area contributed by atoms with Gasteiger partial charge in [-0.2, -0.15) is 0 Å². The van der Waals surface area contributed by atoms with E-state index in [2.05, 4.69) is 12.2 Å². The van der Waals surface area contributed by atoms with E-state index in [-0.39, 0.29) is 55.1 Å². The number of amides is 1. The number of carbonyl (C=O) groups excluding carboxylic acids is 4. The minimum atomic E-state index is -1.78. The fraction of sp³-hybridized carbons (Fsp3) is 0.710. The smallest absolute Gasteiger partial charge is 0.326 e. The number of carboxylic acid groups (broad SMARTS) is 1. The van der Waals surface area contributed by atoms with Crippen LogP contribution in [0.15, 0.2) is 23.8 Å². The van der Waals surface area contributed by atoms with E-state index < -0.39 is 58.8 Å². The molecule has 10 heteroatoms. The van der Waals surface area contributed by atoms with Crippen LogP contribution in [0.3, 0.4) is 0 Å². The number of esters is 1. The molecule has 4 rings (SSSR count). The van der Waals surface area contributed by atoms with Crippen LogP contribution in [0.2, 0.25) is 0 Å². The Morgan fingerprint density at radius 3 is 2.54 bits per heavy atom. The summed E-state index contributed by atoms with van der Waals surface area (Å²) in [4.78, 5) is 61.4. The van der Waals surface area contributed by atoms with E-state index in [0.717, 1.165) is 18.4 Å². The van der Waals surface area contributed by atoms with E-state index in [0.29, 0.717) is 12.8 Å². The highest BCUT2D eigenvalue weighted by molar-refractivity contribution is 6.01. The van der Waals surface area contributed by atoms with Gasteiger partial charge in [-0.3, -0.25) is 19.2 Å². The van der Waals surface area contributed by atoms with Crippen LogP contribution in [0.5, 0.6) is 0 Å². The van der Waals surface area contributed by atoms with E-state index in [1.54, 1.807) is 19.1 Å². The predicted molar refractivity (Wildman–Crippen MR) is 147 cm³/mol. The standard InChI is InChI=1S/C31H43NO9/c1-5-17(2)27(28(38)39)32-24(36)8-9-25(37)41-16-23(35)31(40)13-11-21-20-7-6-18-14-19(33)10-12-29(18,3)26(20)22(34)15-30(21,31)4/h10,12,14,17,20-22,26-27,34,40H,5-9,11,13,15-16H2,1-4H3,(H,32,36)(H,38,39)/t17-,20-,21-,22-,26+,27-,29-,30-,31-/m0/s1. The van der Waals surface area contributed by atoms with Crippen molar-refractivity contribution in [3.05, 3.63) is 23.8 Å². The lowest BCUT2D eigenvalue weighted by molar-refractivity contribution is -0.181. The molecular weight excluding hydrogens is 530 g/mol. The maximum Gasteiger partial charge on any atom is 0.326 e. The predicted octanol–water partition coefficient (Wildman–Crippen LogP) is 2.50. The Balaban J connectivity index is 1.37. The van der Waals surface area contributed by atoms with Crippen molar-refractivity contribution in [2.24, 2.45) is 34.5 Å². The number of rotatable bonds is 10. The molecule has 226 valence electrons. The lowest BCUT2D eigenvalue weighted by Gasteiger charge is -2.59. The molecule has 1 amide bonds. The molecular formula is C31H43NO9. The minimum absolute atomic E-state index is 0.0265. The van der Waals surface area contributed by atoms with Gasteiger partial charge in [-0.05, 0) is 62.0 Å². The number of nitrogens with one attached hydrogen (secondary N) is 1. The Hall–Kier alpha value is -2.85. The Morgan fingerprint density at radius 2 is 1.88 bits per heavy atom. The van der Waals surface area contributed by atoms with E-state index in [1.807, 2.05) is 19.9 Å². The summed E-state index contributed by atoms with van der Waals surface area (Å²) >= 11 is 0. The van der Waals surface area contributed by atoms with Crippen LogP contribution in [-0.4, -0.2) is 69.1 Å². The van der Waals surface area contributed by atoms with Gasteiger partial charge in [-0.25, -0.2) is 4.79 Å². The first kappa shape index (κ1) is 31.1. The zero-order valence-corrected chi connectivity index (χ0v) is 24.4. The number of allylic oxidation sites excluding steroid dienone is 4. The normalized spacial score (nSPS) is 37.1. The molecule has 3 fully saturated rings. The SMILES string of the molecule is CC[C@H](C)[C@H](NC(=O)CCC(=O)OCC(=O)[C@@]1(O)CC[C@H]2[C@@H]3CCC4=CC(=O)C=C[C@]4(C)[C@H]3[C@@H](O)C[C@@]21C)C(=O)O. The Morgan fingerprint density at radius 1 is 1.17 bits per heavy atom. The van der Waals surface area contributed by atoms with Crippen molar-refractivity contribution in [2.75, 3.05) is 6.61 Å². The average Bonchev–Trinajstić information content (AvgIpc) is 3.19. The van der Waals surface area contributed by atoms with Crippen LogP contribution < -0.4 is 5.32 Å². The van der Waals surface area contributed by atoms with Crippen LogP contribution in [-0.2, 0) is 28.7 Å². The highest BCUT2D eigenvalue weighted by atomic mass is 16.5. The van der Waals surface area contributed by atoms with Crippen molar-refractivity contribution >= 4 is 29.4 Å². The Bertz CT molecular complexity index is 1180. The molecule has 0 bridgehead atoms. The number of aliphatic hydroxyl groups excluding tert-OH is 1. The van der Waals surface area contributed by atoms with Gasteiger partial charge in [0.25, 0.3) is 0 Å². The molecule has 0 aromatic carbocycles. The second-order valence-corrected chi connectivity index (χ2v) is 13.0. The van der Waals surface area contributed by atoms with Gasteiger partial charge in [-0.1, -0.05) is 45.8 Å². The van der Waals surface area contributed by atoms with Crippen LogP contribution in [0, 0.1) is 34.5 Å². The van der Waals surface area contributed by atoms with Crippen molar-refractivity contribution in [1.29, 1.82) is 0 Å². The molecule has 0 radical (unpaired) electrons. The topological polar surface area (TPSA) is 167 Å². The summed E-state index contributed by atoms with van der Waals surface area (Å²) in [7, 11) is 0. The Labute approximate surface area is 240 Å². The molecule has 0 heterocycles. The first-order valence-electron chi connectivity index (χ1n) is 14.7. The lowest BCUT2D eigenvalue weighted by Crippen LogP contribution is -2.61. The fourth-order valence-corrected chi connectivity index (χ4v) is 8.27. The van der Waals surface area contributed by atoms with Gasteiger partial charge in [-0.15, -0.1) is 0 Å². The molecule has 0 spiro atoms. The van der Waals surface area contributed by atoms with Crippen LogP contribution >= 0.6 is 0 Å². The largest absolute Gasteiger partial charge is 0.480 e. The van der Waals surface area contributed by atoms with Crippen molar-refractivity contribution in [1.82, 2.24) is 5.32 Å². The third kappa shape index (κ3) is 5.41. The summed E-state index contributed by atoms with van der Waals surface area (Å²) in [6.45, 7) is 6.78. The number of ketones is 2. The van der Waals surface area contributed by atoms with E-state index in [4.69, 9.17) is 4.74 Å². The number of ether oxygens (including phenoxy) is 1. The van der Waals surface area contributed by atoms with Crippen LogP contribution in [0.25, 0.3) is 0 Å². The molecule has 4 N–H and O–H groups in total.